The highest BCUT2D eigenvalue weighted by molar-refractivity contribution is 6.30. The Balaban J connectivity index is 2.26. The van der Waals surface area contributed by atoms with Crippen LogP contribution >= 0.6 is 11.6 Å². The van der Waals surface area contributed by atoms with Gasteiger partial charge in [0, 0.05) is 16.6 Å². The van der Waals surface area contributed by atoms with E-state index in [1.165, 1.54) is 0 Å². The Morgan fingerprint density at radius 3 is 2.48 bits per heavy atom. The lowest BCUT2D eigenvalue weighted by molar-refractivity contribution is 0.100. The van der Waals surface area contributed by atoms with Gasteiger partial charge in [-0.1, -0.05) is 23.7 Å². The molecular weight excluding hydrogens is 288 g/mol. The molecule has 110 valence electrons. The lowest BCUT2D eigenvalue weighted by atomic mass is 10.1. The van der Waals surface area contributed by atoms with Gasteiger partial charge >= 0.3 is 0 Å². The van der Waals surface area contributed by atoms with Crippen molar-refractivity contribution in [1.29, 1.82) is 0 Å². The van der Waals surface area contributed by atoms with Crippen molar-refractivity contribution < 1.29 is 9.53 Å². The molecule has 0 bridgehead atoms. The molecule has 1 unspecified atom stereocenters. The number of hydrogen-bond acceptors (Lipinski definition) is 3. The molecule has 0 radical (unpaired) electrons. The van der Waals surface area contributed by atoms with Crippen LogP contribution in [-0.2, 0) is 0 Å². The van der Waals surface area contributed by atoms with Gasteiger partial charge in [0.1, 0.15) is 5.75 Å². The van der Waals surface area contributed by atoms with Gasteiger partial charge < -0.3 is 15.8 Å². The minimum absolute atomic E-state index is 0.0271. The number of benzene rings is 2. The second kappa shape index (κ2) is 6.50. The van der Waals surface area contributed by atoms with E-state index in [0.717, 1.165) is 11.3 Å². The van der Waals surface area contributed by atoms with Crippen LogP contribution in [0.4, 0.5) is 5.69 Å². The van der Waals surface area contributed by atoms with Crippen molar-refractivity contribution in [3.63, 3.8) is 0 Å². The molecule has 5 heteroatoms. The first-order valence-corrected chi connectivity index (χ1v) is 6.89. The van der Waals surface area contributed by atoms with E-state index in [1.807, 2.05) is 31.2 Å². The van der Waals surface area contributed by atoms with Crippen LogP contribution in [0.5, 0.6) is 5.75 Å². The Morgan fingerprint density at radius 2 is 1.90 bits per heavy atom. The minimum Gasteiger partial charge on any atom is -0.495 e. The van der Waals surface area contributed by atoms with Crippen molar-refractivity contribution in [2.45, 2.75) is 13.0 Å². The topological polar surface area (TPSA) is 64.3 Å². The number of carbonyl (C=O) groups excluding carboxylic acids is 1. The van der Waals surface area contributed by atoms with Crippen molar-refractivity contribution >= 4 is 23.2 Å². The highest BCUT2D eigenvalue weighted by atomic mass is 35.5. The predicted octanol–water partition coefficient (Wildman–Crippen LogP) is 3.62. The first-order valence-electron chi connectivity index (χ1n) is 6.51. The lowest BCUT2D eigenvalue weighted by Gasteiger charge is -2.18. The average Bonchev–Trinajstić information content (AvgIpc) is 2.47. The Hall–Kier alpha value is -2.20. The van der Waals surface area contributed by atoms with Crippen molar-refractivity contribution in [1.82, 2.24) is 0 Å². The molecule has 2 rings (SSSR count). The zero-order chi connectivity index (χ0) is 15.4. The van der Waals surface area contributed by atoms with E-state index in [2.05, 4.69) is 5.32 Å². The summed E-state index contributed by atoms with van der Waals surface area (Å²) in [5.74, 6) is 0.181. The van der Waals surface area contributed by atoms with Crippen LogP contribution in [0.2, 0.25) is 5.02 Å². The van der Waals surface area contributed by atoms with Crippen molar-refractivity contribution in [3.8, 4) is 5.75 Å². The molecule has 0 saturated heterocycles. The third-order valence-electron chi connectivity index (χ3n) is 3.23. The summed E-state index contributed by atoms with van der Waals surface area (Å²) in [4.78, 5) is 11.3. The maximum atomic E-state index is 11.3. The van der Waals surface area contributed by atoms with Crippen molar-refractivity contribution in [2.75, 3.05) is 12.4 Å². The number of ether oxygens (including phenoxy) is 1. The Morgan fingerprint density at radius 1 is 1.24 bits per heavy atom. The SMILES string of the molecule is COc1ccc(C(N)=O)cc1NC(C)c1ccc(Cl)cc1. The molecule has 0 spiro atoms. The fraction of sp³-hybridized carbons (Fsp3) is 0.188. The molecule has 0 saturated carbocycles. The second-order valence-corrected chi connectivity index (χ2v) is 5.13. The van der Waals surface area contributed by atoms with Gasteiger partial charge in [-0.25, -0.2) is 0 Å². The molecule has 1 atom stereocenters. The molecule has 2 aromatic rings. The maximum Gasteiger partial charge on any atom is 0.248 e. The summed E-state index contributed by atoms with van der Waals surface area (Å²) >= 11 is 5.89. The summed E-state index contributed by atoms with van der Waals surface area (Å²) in [6.07, 6.45) is 0. The lowest BCUT2D eigenvalue weighted by Crippen LogP contribution is -2.13. The van der Waals surface area contributed by atoms with Gasteiger partial charge in [-0.05, 0) is 42.8 Å². The summed E-state index contributed by atoms with van der Waals surface area (Å²) in [5.41, 5.74) is 7.54. The number of amides is 1. The number of nitrogens with one attached hydrogen (secondary N) is 1. The quantitative estimate of drug-likeness (QED) is 0.886. The summed E-state index contributed by atoms with van der Waals surface area (Å²) in [5, 5.41) is 4.01. The summed E-state index contributed by atoms with van der Waals surface area (Å²) in [7, 11) is 1.58. The molecule has 1 amide bonds. The third kappa shape index (κ3) is 3.67. The molecular formula is C16H17ClN2O2. The number of hydrogen-bond donors (Lipinski definition) is 2. The molecule has 2 aromatic carbocycles. The monoisotopic (exact) mass is 304 g/mol. The van der Waals surface area contributed by atoms with Gasteiger partial charge in [-0.15, -0.1) is 0 Å². The second-order valence-electron chi connectivity index (χ2n) is 4.70. The number of anilines is 1. The molecule has 21 heavy (non-hydrogen) atoms. The molecule has 0 aromatic heterocycles. The molecule has 4 nitrogen and oxygen atoms in total. The first-order chi connectivity index (χ1) is 10.0. The molecule has 3 N–H and O–H groups in total. The number of methoxy groups -OCH3 is 1. The minimum atomic E-state index is -0.472. The fourth-order valence-corrected chi connectivity index (χ4v) is 2.17. The third-order valence-corrected chi connectivity index (χ3v) is 3.48. The maximum absolute atomic E-state index is 11.3. The Kier molecular flexibility index (Phi) is 4.70. The van der Waals surface area contributed by atoms with Crippen LogP contribution in [0.25, 0.3) is 0 Å². The van der Waals surface area contributed by atoms with Crippen LogP contribution < -0.4 is 15.8 Å². The molecule has 0 aliphatic heterocycles. The number of rotatable bonds is 5. The average molecular weight is 305 g/mol. The van der Waals surface area contributed by atoms with E-state index >= 15 is 0 Å². The van der Waals surface area contributed by atoms with Gasteiger partial charge in [0.25, 0.3) is 0 Å². The van der Waals surface area contributed by atoms with Gasteiger partial charge in [0.05, 0.1) is 12.8 Å². The first kappa shape index (κ1) is 15.2. The number of carbonyl (C=O) groups is 1. The number of primary amides is 1. The van der Waals surface area contributed by atoms with E-state index in [-0.39, 0.29) is 6.04 Å². The van der Waals surface area contributed by atoms with Gasteiger partial charge in [0.15, 0.2) is 0 Å². The van der Waals surface area contributed by atoms with Crippen LogP contribution in [0.1, 0.15) is 28.9 Å². The van der Waals surface area contributed by atoms with E-state index < -0.39 is 5.91 Å². The highest BCUT2D eigenvalue weighted by Crippen LogP contribution is 2.29. The van der Waals surface area contributed by atoms with Gasteiger partial charge in [-0.3, -0.25) is 4.79 Å². The largest absolute Gasteiger partial charge is 0.495 e. The molecule has 0 fully saturated rings. The normalized spacial score (nSPS) is 11.8. The van der Waals surface area contributed by atoms with Crippen LogP contribution in [0.3, 0.4) is 0 Å². The summed E-state index contributed by atoms with van der Waals surface area (Å²) in [6.45, 7) is 2.01. The number of nitrogens with two attached hydrogens (primary N) is 1. The van der Waals surface area contributed by atoms with Crippen LogP contribution in [-0.4, -0.2) is 13.0 Å². The van der Waals surface area contributed by atoms with E-state index in [4.69, 9.17) is 22.1 Å². The highest BCUT2D eigenvalue weighted by Gasteiger charge is 2.11. The number of halogens is 1. The van der Waals surface area contributed by atoms with E-state index in [0.29, 0.717) is 16.3 Å². The fourth-order valence-electron chi connectivity index (χ4n) is 2.04. The van der Waals surface area contributed by atoms with Crippen molar-refractivity contribution in [2.24, 2.45) is 5.73 Å². The van der Waals surface area contributed by atoms with Crippen molar-refractivity contribution in [3.05, 3.63) is 58.6 Å². The molecule has 0 heterocycles. The molecule has 0 aliphatic carbocycles. The van der Waals surface area contributed by atoms with E-state index in [9.17, 15) is 4.79 Å². The predicted molar refractivity (Wildman–Crippen MR) is 85.0 cm³/mol. The standard InChI is InChI=1S/C16H17ClN2O2/c1-10(11-3-6-13(17)7-4-11)19-14-9-12(16(18)20)5-8-15(14)21-2/h3-10,19H,1-2H3,(H2,18,20). The zero-order valence-corrected chi connectivity index (χ0v) is 12.6. The Bertz CT molecular complexity index is 641. The summed E-state index contributed by atoms with van der Waals surface area (Å²) < 4.78 is 5.30. The molecule has 0 aliphatic rings. The van der Waals surface area contributed by atoms with Crippen LogP contribution in [0, 0.1) is 0 Å². The van der Waals surface area contributed by atoms with Gasteiger partial charge in [0.2, 0.25) is 5.91 Å². The summed E-state index contributed by atoms with van der Waals surface area (Å²) in [6, 6.07) is 12.6. The van der Waals surface area contributed by atoms with E-state index in [1.54, 1.807) is 25.3 Å². The van der Waals surface area contributed by atoms with Crippen LogP contribution in [0.15, 0.2) is 42.5 Å². The zero-order valence-electron chi connectivity index (χ0n) is 11.9. The Labute approximate surface area is 128 Å². The van der Waals surface area contributed by atoms with Gasteiger partial charge in [-0.2, -0.15) is 0 Å². The smallest absolute Gasteiger partial charge is 0.248 e.